The van der Waals surface area contributed by atoms with Gasteiger partial charge in [-0.3, -0.25) is 4.79 Å². The highest BCUT2D eigenvalue weighted by Gasteiger charge is 1.96. The van der Waals surface area contributed by atoms with E-state index in [0.29, 0.717) is 6.54 Å². The molecule has 6 N–H and O–H groups in total. The zero-order valence-corrected chi connectivity index (χ0v) is 16.6. The molecule has 6 nitrogen and oxygen atoms in total. The molecule has 0 amide bonds. The zero-order chi connectivity index (χ0) is 19.4. The maximum Gasteiger partial charge on any atom is 0.300 e. The Hall–Kier alpha value is -1.37. The van der Waals surface area contributed by atoms with Crippen molar-refractivity contribution in [3.05, 3.63) is 23.4 Å². The molecule has 0 rings (SSSR count). The third-order valence-electron chi connectivity index (χ3n) is 2.69. The van der Waals surface area contributed by atoms with Crippen molar-refractivity contribution in [2.75, 3.05) is 39.8 Å². The third-order valence-corrected chi connectivity index (χ3v) is 2.69. The molecule has 0 aromatic carbocycles. The Kier molecular flexibility index (Phi) is 24.8. The van der Waals surface area contributed by atoms with Crippen LogP contribution in [0.15, 0.2) is 23.4 Å². The lowest BCUT2D eigenvalue weighted by atomic mass is 10.2. The van der Waals surface area contributed by atoms with Gasteiger partial charge in [0.2, 0.25) is 0 Å². The Labute approximate surface area is 149 Å². The molecule has 0 spiro atoms. The van der Waals surface area contributed by atoms with Crippen LogP contribution in [0.1, 0.15) is 47.5 Å². The number of nitrogens with zero attached hydrogens (tertiary/aromatic N) is 1. The summed E-state index contributed by atoms with van der Waals surface area (Å²) in [5, 5.41) is 10.6. The van der Waals surface area contributed by atoms with Gasteiger partial charge in [0.25, 0.3) is 5.97 Å². The van der Waals surface area contributed by atoms with E-state index in [1.54, 1.807) is 0 Å². The van der Waals surface area contributed by atoms with E-state index in [1.165, 1.54) is 18.4 Å². The SMILES string of the molecule is CC(=O)O.CCCC.CCNC/C(N)=C/C=C(\C)CN(C)CCN. The van der Waals surface area contributed by atoms with E-state index in [0.717, 1.165) is 38.8 Å². The van der Waals surface area contributed by atoms with Crippen molar-refractivity contribution in [1.82, 2.24) is 10.2 Å². The molecule has 0 aliphatic rings. The van der Waals surface area contributed by atoms with Gasteiger partial charge in [-0.1, -0.05) is 45.3 Å². The van der Waals surface area contributed by atoms with Crippen LogP contribution in [0.3, 0.4) is 0 Å². The first-order valence-corrected chi connectivity index (χ1v) is 8.65. The molecule has 6 heteroatoms. The Morgan fingerprint density at radius 2 is 1.67 bits per heavy atom. The van der Waals surface area contributed by atoms with Gasteiger partial charge in [-0.25, -0.2) is 0 Å². The number of nitrogens with one attached hydrogen (secondary N) is 1. The van der Waals surface area contributed by atoms with Crippen molar-refractivity contribution < 1.29 is 9.90 Å². The van der Waals surface area contributed by atoms with Gasteiger partial charge in [-0.05, 0) is 26.6 Å². The summed E-state index contributed by atoms with van der Waals surface area (Å²) in [6.07, 6.45) is 6.67. The van der Waals surface area contributed by atoms with Gasteiger partial charge in [0.1, 0.15) is 0 Å². The number of nitrogens with two attached hydrogens (primary N) is 2. The standard InChI is InChI=1S/C12H26N4.C4H10.C2H4O2/c1-4-15-9-12(14)6-5-11(2)10-16(3)8-7-13;1-3-4-2;1-2(3)4/h5-6,15H,4,7-10,13-14H2,1-3H3;3-4H2,1-2H3;1H3,(H,3,4)/b11-5+,12-6-;;. The van der Waals surface area contributed by atoms with Crippen LogP contribution >= 0.6 is 0 Å². The molecule has 0 heterocycles. The Balaban J connectivity index is -0.000000457. The molecule has 0 bridgehead atoms. The average Bonchev–Trinajstić information content (AvgIpc) is 2.50. The van der Waals surface area contributed by atoms with E-state index >= 15 is 0 Å². The van der Waals surface area contributed by atoms with Gasteiger partial charge < -0.3 is 26.8 Å². The van der Waals surface area contributed by atoms with Gasteiger partial charge in [-0.2, -0.15) is 0 Å². The van der Waals surface area contributed by atoms with E-state index in [4.69, 9.17) is 21.4 Å². The van der Waals surface area contributed by atoms with Crippen LogP contribution in [0, 0.1) is 0 Å². The topological polar surface area (TPSA) is 105 Å². The summed E-state index contributed by atoms with van der Waals surface area (Å²) in [5.41, 5.74) is 13.4. The normalized spacial score (nSPS) is 11.3. The summed E-state index contributed by atoms with van der Waals surface area (Å²) in [5.74, 6) is -0.833. The number of hydrogen-bond donors (Lipinski definition) is 4. The van der Waals surface area contributed by atoms with Crippen molar-refractivity contribution in [3.63, 3.8) is 0 Å². The molecule has 0 unspecified atom stereocenters. The quantitative estimate of drug-likeness (QED) is 0.478. The van der Waals surface area contributed by atoms with Crippen LogP contribution in [0.25, 0.3) is 0 Å². The van der Waals surface area contributed by atoms with Gasteiger partial charge in [0.15, 0.2) is 0 Å². The molecule has 0 saturated carbocycles. The highest BCUT2D eigenvalue weighted by atomic mass is 16.4. The van der Waals surface area contributed by atoms with E-state index in [1.807, 2.05) is 6.08 Å². The average molecular weight is 345 g/mol. The van der Waals surface area contributed by atoms with Gasteiger partial charge in [0, 0.05) is 38.8 Å². The van der Waals surface area contributed by atoms with Gasteiger partial charge >= 0.3 is 0 Å². The number of hydrogen-bond acceptors (Lipinski definition) is 5. The second kappa shape index (κ2) is 21.6. The summed E-state index contributed by atoms with van der Waals surface area (Å²) >= 11 is 0. The van der Waals surface area contributed by atoms with Crippen LogP contribution in [0.2, 0.25) is 0 Å². The molecule has 0 aromatic rings. The van der Waals surface area contributed by atoms with Crippen molar-refractivity contribution >= 4 is 5.97 Å². The fourth-order valence-electron chi connectivity index (χ4n) is 1.36. The number of carboxylic acids is 1. The zero-order valence-electron chi connectivity index (χ0n) is 16.6. The van der Waals surface area contributed by atoms with Crippen LogP contribution in [0.5, 0.6) is 0 Å². The fourth-order valence-corrected chi connectivity index (χ4v) is 1.36. The summed E-state index contributed by atoms with van der Waals surface area (Å²) in [6.45, 7) is 13.8. The minimum atomic E-state index is -0.833. The first kappa shape index (κ1) is 27.5. The van der Waals surface area contributed by atoms with Crippen molar-refractivity contribution in [2.24, 2.45) is 11.5 Å². The number of aliphatic carboxylic acids is 1. The number of allylic oxidation sites excluding steroid dienone is 2. The van der Waals surface area contributed by atoms with E-state index in [2.05, 4.69) is 51.0 Å². The number of carboxylic acid groups (broad SMARTS) is 1. The maximum atomic E-state index is 9.00. The Morgan fingerprint density at radius 1 is 1.17 bits per heavy atom. The monoisotopic (exact) mass is 344 g/mol. The van der Waals surface area contributed by atoms with Crippen molar-refractivity contribution in [3.8, 4) is 0 Å². The minimum Gasteiger partial charge on any atom is -0.481 e. The van der Waals surface area contributed by atoms with Crippen LogP contribution < -0.4 is 16.8 Å². The number of unbranched alkanes of at least 4 members (excludes halogenated alkanes) is 1. The maximum absolute atomic E-state index is 9.00. The molecular weight excluding hydrogens is 304 g/mol. The minimum absolute atomic E-state index is 0.697. The molecule has 144 valence electrons. The molecular formula is C18H40N4O2. The molecule has 0 aliphatic heterocycles. The largest absolute Gasteiger partial charge is 0.481 e. The lowest BCUT2D eigenvalue weighted by Gasteiger charge is -2.15. The summed E-state index contributed by atoms with van der Waals surface area (Å²) in [7, 11) is 2.07. The molecule has 0 radical (unpaired) electrons. The van der Waals surface area contributed by atoms with Crippen molar-refractivity contribution in [1.29, 1.82) is 0 Å². The molecule has 0 aromatic heterocycles. The lowest BCUT2D eigenvalue weighted by Crippen LogP contribution is -2.26. The molecule has 0 fully saturated rings. The van der Waals surface area contributed by atoms with Crippen LogP contribution in [0.4, 0.5) is 0 Å². The highest BCUT2D eigenvalue weighted by molar-refractivity contribution is 5.62. The Morgan fingerprint density at radius 3 is 2.04 bits per heavy atom. The molecule has 24 heavy (non-hydrogen) atoms. The molecule has 0 atom stereocenters. The molecule has 0 saturated heterocycles. The predicted octanol–water partition coefficient (Wildman–Crippen LogP) is 2.17. The molecule has 0 aliphatic carbocycles. The van der Waals surface area contributed by atoms with Gasteiger partial charge in [-0.15, -0.1) is 0 Å². The first-order valence-electron chi connectivity index (χ1n) is 8.65. The van der Waals surface area contributed by atoms with Crippen LogP contribution in [-0.2, 0) is 4.79 Å². The smallest absolute Gasteiger partial charge is 0.300 e. The lowest BCUT2D eigenvalue weighted by molar-refractivity contribution is -0.134. The first-order chi connectivity index (χ1) is 11.2. The van der Waals surface area contributed by atoms with E-state index in [-0.39, 0.29) is 0 Å². The van der Waals surface area contributed by atoms with E-state index in [9.17, 15) is 0 Å². The third kappa shape index (κ3) is 32.5. The summed E-state index contributed by atoms with van der Waals surface area (Å²) < 4.78 is 0. The second-order valence-electron chi connectivity index (χ2n) is 5.58. The van der Waals surface area contributed by atoms with Gasteiger partial charge in [0.05, 0.1) is 0 Å². The fraction of sp³-hybridized carbons (Fsp3) is 0.722. The highest BCUT2D eigenvalue weighted by Crippen LogP contribution is 1.97. The summed E-state index contributed by atoms with van der Waals surface area (Å²) in [4.78, 5) is 11.2. The Bertz CT molecular complexity index is 336. The van der Waals surface area contributed by atoms with E-state index < -0.39 is 5.97 Å². The number of rotatable bonds is 9. The summed E-state index contributed by atoms with van der Waals surface area (Å²) in [6, 6.07) is 0. The second-order valence-corrected chi connectivity index (χ2v) is 5.58. The van der Waals surface area contributed by atoms with Crippen LogP contribution in [-0.4, -0.2) is 55.7 Å². The van der Waals surface area contributed by atoms with Crippen molar-refractivity contribution in [2.45, 2.75) is 47.5 Å². The predicted molar refractivity (Wildman–Crippen MR) is 105 cm³/mol. The number of likely N-dealkylation sites (N-methyl/N-ethyl adjacent to an activating group) is 2. The number of carbonyl (C=O) groups is 1.